The molecule has 0 saturated carbocycles. The molecule has 0 saturated heterocycles. The Hall–Kier alpha value is -1.00. The molecule has 3 rings (SSSR count). The van der Waals surface area contributed by atoms with Crippen molar-refractivity contribution in [2.45, 2.75) is 17.5 Å². The number of aromatic nitrogens is 1. The third-order valence-corrected chi connectivity index (χ3v) is 5.06. The van der Waals surface area contributed by atoms with Crippen LogP contribution in [0.1, 0.15) is 12.5 Å². The van der Waals surface area contributed by atoms with Crippen LogP contribution in [-0.2, 0) is 5.54 Å². The highest BCUT2D eigenvalue weighted by molar-refractivity contribution is 7.99. The van der Waals surface area contributed by atoms with E-state index in [1.807, 2.05) is 16.7 Å². The van der Waals surface area contributed by atoms with E-state index in [2.05, 4.69) is 23.8 Å². The van der Waals surface area contributed by atoms with Crippen molar-refractivity contribution in [2.75, 3.05) is 5.75 Å². The van der Waals surface area contributed by atoms with Crippen molar-refractivity contribution in [3.8, 4) is 0 Å². The number of pyridine rings is 1. The maximum Gasteiger partial charge on any atom is 0.252 e. The number of thioether (sulfide) groups is 1. The van der Waals surface area contributed by atoms with Gasteiger partial charge in [0.2, 0.25) is 0 Å². The predicted octanol–water partition coefficient (Wildman–Crippen LogP) is 2.78. The number of hydrogen-bond donors (Lipinski definition) is 0. The Kier molecular flexibility index (Phi) is 2.23. The summed E-state index contributed by atoms with van der Waals surface area (Å²) in [7, 11) is 0. The van der Waals surface area contributed by atoms with Gasteiger partial charge in [0.25, 0.3) is 5.56 Å². The van der Waals surface area contributed by atoms with E-state index in [9.17, 15) is 4.79 Å². The van der Waals surface area contributed by atoms with Crippen LogP contribution in [0, 0.1) is 0 Å². The number of thiophene rings is 1. The van der Waals surface area contributed by atoms with Gasteiger partial charge in [0, 0.05) is 11.8 Å². The highest BCUT2D eigenvalue weighted by atomic mass is 32.2. The van der Waals surface area contributed by atoms with Crippen LogP contribution in [0.2, 0.25) is 0 Å². The minimum atomic E-state index is -0.182. The van der Waals surface area contributed by atoms with Gasteiger partial charge in [-0.2, -0.15) is 11.3 Å². The van der Waals surface area contributed by atoms with Crippen LogP contribution < -0.4 is 5.56 Å². The smallest absolute Gasteiger partial charge is 0.252 e. The fourth-order valence-corrected chi connectivity index (χ4v) is 4.23. The van der Waals surface area contributed by atoms with Crippen LogP contribution in [0.4, 0.5) is 0 Å². The lowest BCUT2D eigenvalue weighted by molar-refractivity contribution is 0.419. The van der Waals surface area contributed by atoms with Gasteiger partial charge < -0.3 is 0 Å². The Balaban J connectivity index is 2.26. The lowest BCUT2D eigenvalue weighted by atomic mass is 9.96. The number of fused-ring (bicyclic) bond motifs is 1. The molecule has 0 aromatic carbocycles. The summed E-state index contributed by atoms with van der Waals surface area (Å²) in [5, 5.41) is 5.27. The first-order chi connectivity index (χ1) is 7.72. The van der Waals surface area contributed by atoms with E-state index in [1.54, 1.807) is 29.2 Å². The second kappa shape index (κ2) is 3.50. The van der Waals surface area contributed by atoms with E-state index in [4.69, 9.17) is 0 Å². The minimum Gasteiger partial charge on any atom is -0.292 e. The van der Waals surface area contributed by atoms with Gasteiger partial charge in [0.05, 0.1) is 10.6 Å². The van der Waals surface area contributed by atoms with Crippen LogP contribution in [0.3, 0.4) is 0 Å². The summed E-state index contributed by atoms with van der Waals surface area (Å²) in [6.45, 7) is 2.14. The lowest BCUT2D eigenvalue weighted by Gasteiger charge is -2.25. The summed E-state index contributed by atoms with van der Waals surface area (Å²) in [4.78, 5) is 12.0. The van der Waals surface area contributed by atoms with Crippen LogP contribution >= 0.6 is 23.1 Å². The van der Waals surface area contributed by atoms with E-state index < -0.39 is 0 Å². The maximum atomic E-state index is 12.0. The fourth-order valence-electron chi connectivity index (χ4n) is 2.13. The molecule has 0 bridgehead atoms. The molecule has 0 fully saturated rings. The van der Waals surface area contributed by atoms with Crippen molar-refractivity contribution < 1.29 is 0 Å². The first-order valence-electron chi connectivity index (χ1n) is 5.10. The summed E-state index contributed by atoms with van der Waals surface area (Å²) in [6, 6.07) is 7.60. The topological polar surface area (TPSA) is 22.0 Å². The first kappa shape index (κ1) is 10.2. The van der Waals surface area contributed by atoms with E-state index >= 15 is 0 Å². The summed E-state index contributed by atoms with van der Waals surface area (Å²) in [5.74, 6) is 0.934. The minimum absolute atomic E-state index is 0.0937. The van der Waals surface area contributed by atoms with Gasteiger partial charge in [0.1, 0.15) is 0 Å². The average molecular weight is 249 g/mol. The number of nitrogens with zero attached hydrogens (tertiary/aromatic N) is 1. The van der Waals surface area contributed by atoms with Gasteiger partial charge in [-0.15, -0.1) is 11.8 Å². The molecule has 1 atom stereocenters. The van der Waals surface area contributed by atoms with Gasteiger partial charge >= 0.3 is 0 Å². The normalized spacial score (nSPS) is 23.3. The Labute approximate surface area is 102 Å². The van der Waals surface area contributed by atoms with Crippen molar-refractivity contribution in [3.05, 3.63) is 50.9 Å². The molecule has 16 heavy (non-hydrogen) atoms. The van der Waals surface area contributed by atoms with Crippen molar-refractivity contribution >= 4 is 23.1 Å². The molecule has 3 heterocycles. The molecule has 1 aliphatic rings. The van der Waals surface area contributed by atoms with Gasteiger partial charge in [-0.05, 0) is 35.4 Å². The third kappa shape index (κ3) is 1.30. The highest BCUT2D eigenvalue weighted by Crippen LogP contribution is 2.40. The molecule has 0 N–H and O–H groups in total. The Morgan fingerprint density at radius 2 is 2.25 bits per heavy atom. The molecule has 2 aromatic heterocycles. The zero-order chi connectivity index (χ0) is 11.2. The first-order valence-corrected chi connectivity index (χ1v) is 7.03. The van der Waals surface area contributed by atoms with Crippen molar-refractivity contribution in [3.63, 3.8) is 0 Å². The summed E-state index contributed by atoms with van der Waals surface area (Å²) < 4.78 is 1.92. The van der Waals surface area contributed by atoms with Crippen molar-refractivity contribution in [2.24, 2.45) is 0 Å². The zero-order valence-electron chi connectivity index (χ0n) is 8.84. The predicted molar refractivity (Wildman–Crippen MR) is 68.5 cm³/mol. The zero-order valence-corrected chi connectivity index (χ0v) is 10.5. The Morgan fingerprint density at radius 1 is 1.38 bits per heavy atom. The average Bonchev–Trinajstić information content (AvgIpc) is 2.87. The van der Waals surface area contributed by atoms with Gasteiger partial charge in [-0.3, -0.25) is 9.36 Å². The second-order valence-electron chi connectivity index (χ2n) is 4.11. The molecule has 0 aliphatic carbocycles. The lowest BCUT2D eigenvalue weighted by Crippen LogP contribution is -2.37. The summed E-state index contributed by atoms with van der Waals surface area (Å²) in [6.07, 6.45) is 0. The fraction of sp³-hybridized carbons (Fsp3) is 0.250. The van der Waals surface area contributed by atoms with E-state index in [-0.39, 0.29) is 11.1 Å². The second-order valence-corrected chi connectivity index (χ2v) is 5.89. The number of hydrogen-bond acceptors (Lipinski definition) is 3. The van der Waals surface area contributed by atoms with Crippen molar-refractivity contribution in [1.82, 2.24) is 4.57 Å². The Bertz CT molecular complexity index is 573. The summed E-state index contributed by atoms with van der Waals surface area (Å²) >= 11 is 3.44. The quantitative estimate of drug-likeness (QED) is 0.775. The standard InChI is InChI=1S/C12H11NOS2/c1-12(9-5-6-15-7-9)8-16-11-4-2-3-10(14)13(11)12/h2-7H,8H2,1H3. The molecule has 0 amide bonds. The maximum absolute atomic E-state index is 12.0. The molecule has 82 valence electrons. The van der Waals surface area contributed by atoms with E-state index in [1.165, 1.54) is 5.56 Å². The largest absolute Gasteiger partial charge is 0.292 e. The number of rotatable bonds is 1. The molecular weight excluding hydrogens is 238 g/mol. The van der Waals surface area contributed by atoms with E-state index in [0.29, 0.717) is 0 Å². The molecule has 1 aliphatic heterocycles. The highest BCUT2D eigenvalue weighted by Gasteiger charge is 2.37. The van der Waals surface area contributed by atoms with Crippen LogP contribution in [0.5, 0.6) is 0 Å². The molecule has 4 heteroatoms. The van der Waals surface area contributed by atoms with Crippen LogP contribution in [0.15, 0.2) is 44.8 Å². The van der Waals surface area contributed by atoms with Gasteiger partial charge in [0.15, 0.2) is 0 Å². The van der Waals surface area contributed by atoms with Gasteiger partial charge in [-0.25, -0.2) is 0 Å². The molecule has 2 nitrogen and oxygen atoms in total. The molecule has 0 radical (unpaired) electrons. The van der Waals surface area contributed by atoms with Crippen LogP contribution in [0.25, 0.3) is 0 Å². The molecule has 2 aromatic rings. The summed E-state index contributed by atoms with van der Waals surface area (Å²) in [5.41, 5.74) is 1.14. The molecule has 0 spiro atoms. The Morgan fingerprint density at radius 3 is 3.00 bits per heavy atom. The van der Waals surface area contributed by atoms with Crippen LogP contribution in [-0.4, -0.2) is 10.3 Å². The van der Waals surface area contributed by atoms with Crippen molar-refractivity contribution in [1.29, 1.82) is 0 Å². The SMILES string of the molecule is CC1(c2ccsc2)CSc2cccc(=O)n21. The van der Waals surface area contributed by atoms with Gasteiger partial charge in [-0.1, -0.05) is 6.07 Å². The third-order valence-electron chi connectivity index (χ3n) is 3.06. The molecule has 1 unspecified atom stereocenters. The molecular formula is C12H11NOS2. The van der Waals surface area contributed by atoms with E-state index in [0.717, 1.165) is 10.8 Å². The monoisotopic (exact) mass is 249 g/mol.